The number of rotatable bonds is 4. The number of hydrogen-bond acceptors (Lipinski definition) is 4. The second kappa shape index (κ2) is 13.3. The number of aromatic nitrogens is 4. The van der Waals surface area contributed by atoms with Crippen LogP contribution in [0, 0.1) is 0 Å². The van der Waals surface area contributed by atoms with Gasteiger partial charge in [0, 0.05) is 49.0 Å². The first-order valence-corrected chi connectivity index (χ1v) is 22.3. The van der Waals surface area contributed by atoms with Gasteiger partial charge in [-0.15, -0.1) is 0 Å². The van der Waals surface area contributed by atoms with Gasteiger partial charge in [-0.25, -0.2) is 4.98 Å². The van der Waals surface area contributed by atoms with Crippen molar-refractivity contribution >= 4 is 76.1 Å². The molecule has 0 N–H and O–H groups in total. The van der Waals surface area contributed by atoms with Gasteiger partial charge in [-0.1, -0.05) is 184 Å². The van der Waals surface area contributed by atoms with Gasteiger partial charge in [0.25, 0.3) is 0 Å². The monoisotopic (exact) mass is 830 g/mol. The van der Waals surface area contributed by atoms with E-state index >= 15 is 0 Å². The van der Waals surface area contributed by atoms with E-state index in [0.717, 1.165) is 71.2 Å². The summed E-state index contributed by atoms with van der Waals surface area (Å²) in [7, 11) is 0. The van der Waals surface area contributed by atoms with E-state index in [2.05, 4.69) is 200 Å². The molecule has 5 nitrogen and oxygen atoms in total. The van der Waals surface area contributed by atoms with Gasteiger partial charge in [0.05, 0.1) is 11.0 Å². The minimum atomic E-state index is -0.236. The number of furan rings is 1. The Bertz CT molecular complexity index is 4170. The van der Waals surface area contributed by atoms with Crippen LogP contribution in [0.5, 0.6) is 0 Å². The Labute approximate surface area is 373 Å². The Hall–Kier alpha value is -8.41. The first kappa shape index (κ1) is 36.1. The number of benzene rings is 10. The smallest absolute Gasteiger partial charge is 0.238 e. The van der Waals surface area contributed by atoms with Crippen molar-refractivity contribution in [1.29, 1.82) is 0 Å². The molecule has 0 spiro atoms. The lowest BCUT2D eigenvalue weighted by Crippen LogP contribution is -2.16. The van der Waals surface area contributed by atoms with Gasteiger partial charge in [0.2, 0.25) is 5.95 Å². The zero-order valence-corrected chi connectivity index (χ0v) is 35.7. The summed E-state index contributed by atoms with van der Waals surface area (Å²) >= 11 is 0. The summed E-state index contributed by atoms with van der Waals surface area (Å²) in [6, 6.07) is 69.5. The summed E-state index contributed by atoms with van der Waals surface area (Å²) in [4.78, 5) is 16.4. The van der Waals surface area contributed by atoms with Crippen LogP contribution in [0.2, 0.25) is 0 Å². The van der Waals surface area contributed by atoms with E-state index in [1.54, 1.807) is 0 Å². The van der Waals surface area contributed by atoms with Crippen LogP contribution >= 0.6 is 0 Å². The van der Waals surface area contributed by atoms with Gasteiger partial charge in [-0.3, -0.25) is 4.57 Å². The first-order valence-electron chi connectivity index (χ1n) is 22.3. The normalized spacial score (nSPS) is 13.2. The van der Waals surface area contributed by atoms with E-state index in [4.69, 9.17) is 19.4 Å². The summed E-state index contributed by atoms with van der Waals surface area (Å²) in [5.74, 6) is 1.70. The lowest BCUT2D eigenvalue weighted by atomic mass is 9.78. The van der Waals surface area contributed by atoms with Crippen LogP contribution in [0.1, 0.15) is 25.0 Å². The summed E-state index contributed by atoms with van der Waals surface area (Å²) in [5, 5.41) is 11.4. The molecule has 65 heavy (non-hydrogen) atoms. The molecule has 3 aromatic heterocycles. The van der Waals surface area contributed by atoms with Crippen molar-refractivity contribution in [3.05, 3.63) is 205 Å². The van der Waals surface area contributed by atoms with Crippen molar-refractivity contribution in [3.8, 4) is 51.0 Å². The molecule has 0 atom stereocenters. The maximum atomic E-state index is 6.45. The lowest BCUT2D eigenvalue weighted by molar-refractivity contribution is 0.662. The van der Waals surface area contributed by atoms with E-state index in [-0.39, 0.29) is 5.41 Å². The third kappa shape index (κ3) is 5.12. The zero-order chi connectivity index (χ0) is 43.0. The van der Waals surface area contributed by atoms with Crippen molar-refractivity contribution in [2.75, 3.05) is 0 Å². The SMILES string of the molecule is CC1(C)c2ccccc2-c2cccc(-c3cccc4c5c6ccccc6c6ccccc6c5n(-c5nc(-c6ccc7ccccc7c6)nc(-c6ccc7c(c6)oc6ccccc67)n5)c34)c21. The zero-order valence-electron chi connectivity index (χ0n) is 35.7. The Kier molecular flexibility index (Phi) is 7.39. The Morgan fingerprint density at radius 3 is 1.80 bits per heavy atom. The molecule has 0 amide bonds. The average molecular weight is 831 g/mol. The van der Waals surface area contributed by atoms with Gasteiger partial charge in [-0.2, -0.15) is 9.97 Å². The molecule has 1 aliphatic carbocycles. The van der Waals surface area contributed by atoms with E-state index in [0.29, 0.717) is 17.6 Å². The molecule has 0 saturated heterocycles. The van der Waals surface area contributed by atoms with Crippen LogP contribution in [0.4, 0.5) is 0 Å². The first-order chi connectivity index (χ1) is 32.0. The van der Waals surface area contributed by atoms with Gasteiger partial charge in [0.1, 0.15) is 11.2 Å². The summed E-state index contributed by atoms with van der Waals surface area (Å²) < 4.78 is 8.80. The van der Waals surface area contributed by atoms with Crippen molar-refractivity contribution in [2.45, 2.75) is 19.3 Å². The predicted octanol–water partition coefficient (Wildman–Crippen LogP) is 15.6. The largest absolute Gasteiger partial charge is 0.456 e. The van der Waals surface area contributed by atoms with Crippen LogP contribution in [0.3, 0.4) is 0 Å². The van der Waals surface area contributed by atoms with Gasteiger partial charge >= 0.3 is 0 Å². The predicted molar refractivity (Wildman–Crippen MR) is 268 cm³/mol. The number of hydrogen-bond donors (Lipinski definition) is 0. The highest BCUT2D eigenvalue weighted by molar-refractivity contribution is 6.33. The third-order valence-corrected chi connectivity index (χ3v) is 14.0. The number of fused-ring (bicyclic) bond motifs is 15. The number of nitrogens with zero attached hydrogens (tertiary/aromatic N) is 4. The lowest BCUT2D eigenvalue weighted by Gasteiger charge is -2.25. The Morgan fingerprint density at radius 2 is 0.969 bits per heavy atom. The molecule has 0 saturated carbocycles. The third-order valence-electron chi connectivity index (χ3n) is 14.0. The van der Waals surface area contributed by atoms with Crippen LogP contribution < -0.4 is 0 Å². The standard InChI is InChI=1S/C60H38N4O/c1-60(2)50-27-11-9-19-41(50)45-23-13-24-46(54(45)60)48-25-14-26-49-53-44-21-7-5-17-39(44)40-18-6-8-22-47(40)56(53)64(55(48)49)59-62-57(37-30-29-35-15-3-4-16-36(35)33-37)61-58(63-59)38-31-32-43-42-20-10-12-28-51(42)65-52(43)34-38/h3-34H,1-2H3. The molecule has 0 fully saturated rings. The Balaban J connectivity index is 1.14. The fourth-order valence-corrected chi connectivity index (χ4v) is 11.1. The van der Waals surface area contributed by atoms with Crippen molar-refractivity contribution < 1.29 is 4.42 Å². The highest BCUT2D eigenvalue weighted by Gasteiger charge is 2.38. The topological polar surface area (TPSA) is 56.7 Å². The second-order valence-electron chi connectivity index (χ2n) is 17.9. The molecule has 0 aliphatic heterocycles. The van der Waals surface area contributed by atoms with E-state index in [9.17, 15) is 0 Å². The van der Waals surface area contributed by atoms with Crippen molar-refractivity contribution in [1.82, 2.24) is 19.5 Å². The minimum Gasteiger partial charge on any atom is -0.456 e. The highest BCUT2D eigenvalue weighted by atomic mass is 16.3. The van der Waals surface area contributed by atoms with Gasteiger partial charge in [0.15, 0.2) is 11.6 Å². The quantitative estimate of drug-likeness (QED) is 0.166. The van der Waals surface area contributed by atoms with E-state index in [1.165, 1.54) is 49.4 Å². The highest BCUT2D eigenvalue weighted by Crippen LogP contribution is 2.54. The van der Waals surface area contributed by atoms with Crippen molar-refractivity contribution in [2.24, 2.45) is 0 Å². The molecule has 0 radical (unpaired) electrons. The molecular weight excluding hydrogens is 793 g/mol. The molecule has 1 aliphatic rings. The average Bonchev–Trinajstić information content (AvgIpc) is 3.99. The molecule has 5 heteroatoms. The summed E-state index contributed by atoms with van der Waals surface area (Å²) in [6.45, 7) is 4.73. The maximum absolute atomic E-state index is 6.45. The minimum absolute atomic E-state index is 0.236. The molecular formula is C60H38N4O. The van der Waals surface area contributed by atoms with Crippen molar-refractivity contribution in [3.63, 3.8) is 0 Å². The van der Waals surface area contributed by atoms with Gasteiger partial charge < -0.3 is 4.42 Å². The summed E-state index contributed by atoms with van der Waals surface area (Å²) in [6.07, 6.45) is 0. The van der Waals surface area contributed by atoms with Crippen LogP contribution in [-0.2, 0) is 5.41 Å². The van der Waals surface area contributed by atoms with Crippen LogP contribution in [-0.4, -0.2) is 19.5 Å². The molecule has 14 rings (SSSR count). The summed E-state index contributed by atoms with van der Waals surface area (Å²) in [5.41, 5.74) is 12.8. The molecule has 0 bridgehead atoms. The molecule has 13 aromatic rings. The number of para-hydroxylation sites is 2. The Morgan fingerprint density at radius 1 is 0.400 bits per heavy atom. The fraction of sp³-hybridized carbons (Fsp3) is 0.0500. The maximum Gasteiger partial charge on any atom is 0.238 e. The van der Waals surface area contributed by atoms with Crippen LogP contribution in [0.15, 0.2) is 199 Å². The fourth-order valence-electron chi connectivity index (χ4n) is 11.1. The van der Waals surface area contributed by atoms with Crippen LogP contribution in [0.25, 0.3) is 127 Å². The van der Waals surface area contributed by atoms with E-state index < -0.39 is 0 Å². The molecule has 3 heterocycles. The molecule has 304 valence electrons. The molecule has 10 aromatic carbocycles. The molecule has 0 unspecified atom stereocenters. The van der Waals surface area contributed by atoms with E-state index in [1.807, 2.05) is 12.1 Å². The van der Waals surface area contributed by atoms with Gasteiger partial charge in [-0.05, 0) is 79.0 Å². The second-order valence-corrected chi connectivity index (χ2v) is 17.9.